The molecule has 5 nitrogen and oxygen atoms in total. The second kappa shape index (κ2) is 7.96. The fraction of sp³-hybridized carbons (Fsp3) is 0.235. The summed E-state index contributed by atoms with van der Waals surface area (Å²) in [6, 6.07) is 4.55. The van der Waals surface area contributed by atoms with Crippen molar-refractivity contribution in [3.63, 3.8) is 0 Å². The number of thiophene rings is 1. The molecule has 3 rings (SSSR count). The Hall–Kier alpha value is -2.26. The van der Waals surface area contributed by atoms with Crippen LogP contribution < -0.4 is 10.9 Å². The fourth-order valence-electron chi connectivity index (χ4n) is 2.33. The van der Waals surface area contributed by atoms with E-state index in [1.54, 1.807) is 11.4 Å². The van der Waals surface area contributed by atoms with Gasteiger partial charge in [0.25, 0.3) is 5.56 Å². The van der Waals surface area contributed by atoms with Gasteiger partial charge in [-0.3, -0.25) is 14.2 Å². The Morgan fingerprint density at radius 1 is 1.31 bits per heavy atom. The summed E-state index contributed by atoms with van der Waals surface area (Å²) < 4.78 is 28.8. The van der Waals surface area contributed by atoms with Crippen LogP contribution >= 0.6 is 23.1 Å². The predicted octanol–water partition coefficient (Wildman–Crippen LogP) is 3.34. The summed E-state index contributed by atoms with van der Waals surface area (Å²) in [6.45, 7) is 2.49. The molecule has 0 bridgehead atoms. The first kappa shape index (κ1) is 18.5. The zero-order chi connectivity index (χ0) is 18.7. The van der Waals surface area contributed by atoms with E-state index in [0.29, 0.717) is 16.8 Å². The minimum absolute atomic E-state index is 0.0340. The van der Waals surface area contributed by atoms with Crippen LogP contribution in [0.5, 0.6) is 0 Å². The van der Waals surface area contributed by atoms with Crippen molar-refractivity contribution in [3.8, 4) is 5.69 Å². The fourth-order valence-corrected chi connectivity index (χ4v) is 3.93. The number of fused-ring (bicyclic) bond motifs is 1. The van der Waals surface area contributed by atoms with E-state index in [4.69, 9.17) is 0 Å². The van der Waals surface area contributed by atoms with Crippen LogP contribution in [-0.4, -0.2) is 27.8 Å². The van der Waals surface area contributed by atoms with Crippen LogP contribution in [0.15, 0.2) is 39.6 Å². The molecule has 26 heavy (non-hydrogen) atoms. The van der Waals surface area contributed by atoms with E-state index in [-0.39, 0.29) is 22.5 Å². The van der Waals surface area contributed by atoms with Crippen LogP contribution in [0.4, 0.5) is 8.78 Å². The zero-order valence-electron chi connectivity index (χ0n) is 13.8. The van der Waals surface area contributed by atoms with Crippen molar-refractivity contribution < 1.29 is 13.6 Å². The molecule has 9 heteroatoms. The third-order valence-corrected chi connectivity index (χ3v) is 5.29. The Kier molecular flexibility index (Phi) is 5.67. The van der Waals surface area contributed by atoms with Gasteiger partial charge in [0.2, 0.25) is 5.91 Å². The predicted molar refractivity (Wildman–Crippen MR) is 99.2 cm³/mol. The third kappa shape index (κ3) is 3.94. The number of nitrogens with one attached hydrogen (secondary N) is 1. The van der Waals surface area contributed by atoms with Crippen LogP contribution in [0, 0.1) is 11.6 Å². The van der Waals surface area contributed by atoms with Crippen molar-refractivity contribution in [1.82, 2.24) is 14.9 Å². The zero-order valence-corrected chi connectivity index (χ0v) is 15.4. The first-order valence-electron chi connectivity index (χ1n) is 7.86. The van der Waals surface area contributed by atoms with E-state index in [2.05, 4.69) is 10.3 Å². The third-order valence-electron chi connectivity index (χ3n) is 3.46. The Balaban J connectivity index is 2.06. The van der Waals surface area contributed by atoms with Gasteiger partial charge in [0.05, 0.1) is 17.0 Å². The lowest BCUT2D eigenvalue weighted by molar-refractivity contribution is -0.118. The second-order valence-electron chi connectivity index (χ2n) is 5.44. The molecule has 0 aliphatic carbocycles. The Morgan fingerprint density at radius 2 is 2.04 bits per heavy atom. The summed E-state index contributed by atoms with van der Waals surface area (Å²) in [7, 11) is 0. The minimum atomic E-state index is -0.796. The Labute approximate surface area is 156 Å². The molecule has 0 aliphatic rings. The molecule has 2 aromatic heterocycles. The topological polar surface area (TPSA) is 64.0 Å². The van der Waals surface area contributed by atoms with Gasteiger partial charge in [-0.25, -0.2) is 13.8 Å². The number of rotatable bonds is 6. The van der Waals surface area contributed by atoms with Crippen molar-refractivity contribution in [2.45, 2.75) is 18.5 Å². The molecule has 0 saturated heterocycles. The largest absolute Gasteiger partial charge is 0.355 e. The van der Waals surface area contributed by atoms with Crippen LogP contribution in [-0.2, 0) is 4.79 Å². The summed E-state index contributed by atoms with van der Waals surface area (Å²) in [5.74, 6) is -1.75. The lowest BCUT2D eigenvalue weighted by Crippen LogP contribution is -2.27. The molecule has 0 saturated carbocycles. The summed E-state index contributed by atoms with van der Waals surface area (Å²) >= 11 is 2.25. The number of carbonyl (C=O) groups is 1. The number of benzene rings is 1. The average molecular weight is 395 g/mol. The molecule has 2 heterocycles. The first-order valence-corrected chi connectivity index (χ1v) is 9.72. The number of aromatic nitrogens is 2. The van der Waals surface area contributed by atoms with Gasteiger partial charge >= 0.3 is 0 Å². The van der Waals surface area contributed by atoms with Crippen molar-refractivity contribution in [3.05, 3.63) is 51.6 Å². The molecule has 0 aliphatic heterocycles. The minimum Gasteiger partial charge on any atom is -0.355 e. The molecule has 0 spiro atoms. The van der Waals surface area contributed by atoms with E-state index >= 15 is 0 Å². The van der Waals surface area contributed by atoms with Crippen molar-refractivity contribution in [2.75, 3.05) is 12.3 Å². The number of carbonyl (C=O) groups excluding carboxylic acids is 1. The summed E-state index contributed by atoms with van der Waals surface area (Å²) in [5, 5.41) is 4.66. The van der Waals surface area contributed by atoms with E-state index in [1.807, 2.05) is 6.92 Å². The highest BCUT2D eigenvalue weighted by Crippen LogP contribution is 2.24. The number of halogens is 2. The molecular weight excluding hydrogens is 380 g/mol. The molecule has 1 aromatic carbocycles. The van der Waals surface area contributed by atoms with Gasteiger partial charge in [-0.15, -0.1) is 11.3 Å². The van der Waals surface area contributed by atoms with Crippen LogP contribution in [0.1, 0.15) is 13.3 Å². The second-order valence-corrected chi connectivity index (χ2v) is 7.29. The van der Waals surface area contributed by atoms with Crippen molar-refractivity contribution >= 4 is 39.2 Å². The first-order chi connectivity index (χ1) is 12.5. The maximum Gasteiger partial charge on any atom is 0.276 e. The van der Waals surface area contributed by atoms with Gasteiger partial charge in [0.1, 0.15) is 16.3 Å². The summed E-state index contributed by atoms with van der Waals surface area (Å²) in [4.78, 5) is 29.1. The van der Waals surface area contributed by atoms with E-state index in [0.717, 1.165) is 40.9 Å². The lowest BCUT2D eigenvalue weighted by Gasteiger charge is -2.12. The Morgan fingerprint density at radius 3 is 2.73 bits per heavy atom. The smallest absolute Gasteiger partial charge is 0.276 e. The number of hydrogen-bond acceptors (Lipinski definition) is 5. The van der Waals surface area contributed by atoms with Crippen molar-refractivity contribution in [2.24, 2.45) is 0 Å². The summed E-state index contributed by atoms with van der Waals surface area (Å²) in [5.41, 5.74) is 0.0998. The SMILES string of the molecule is CCCNC(=O)CSc1nc2ccsc2c(=O)n1-c1cc(F)cc(F)c1. The molecule has 1 N–H and O–H groups in total. The van der Waals surface area contributed by atoms with Crippen LogP contribution in [0.2, 0.25) is 0 Å². The Bertz CT molecular complexity index is 997. The monoisotopic (exact) mass is 395 g/mol. The molecule has 3 aromatic rings. The maximum atomic E-state index is 13.6. The normalized spacial score (nSPS) is 11.0. The van der Waals surface area contributed by atoms with Gasteiger partial charge in [0.15, 0.2) is 5.16 Å². The maximum absolute atomic E-state index is 13.6. The van der Waals surface area contributed by atoms with Crippen molar-refractivity contribution in [1.29, 1.82) is 0 Å². The number of nitrogens with zero attached hydrogens (tertiary/aromatic N) is 2. The molecule has 0 unspecified atom stereocenters. The van der Waals surface area contributed by atoms with Gasteiger partial charge in [-0.1, -0.05) is 18.7 Å². The molecule has 0 atom stereocenters. The highest BCUT2D eigenvalue weighted by Gasteiger charge is 2.16. The standard InChI is InChI=1S/C17H15F2N3O2S2/c1-2-4-20-14(23)9-26-17-21-13-3-5-25-15(13)16(24)22(17)12-7-10(18)6-11(19)8-12/h3,5-8H,2,4,9H2,1H3,(H,20,23). The van der Waals surface area contributed by atoms with Gasteiger partial charge in [0, 0.05) is 12.6 Å². The number of hydrogen-bond donors (Lipinski definition) is 1. The van der Waals surface area contributed by atoms with Crippen LogP contribution in [0.3, 0.4) is 0 Å². The highest BCUT2D eigenvalue weighted by molar-refractivity contribution is 7.99. The lowest BCUT2D eigenvalue weighted by atomic mass is 10.3. The average Bonchev–Trinajstić information content (AvgIpc) is 3.06. The quantitative estimate of drug-likeness (QED) is 0.514. The highest BCUT2D eigenvalue weighted by atomic mass is 32.2. The van der Waals surface area contributed by atoms with E-state index in [1.165, 1.54) is 11.3 Å². The molecule has 1 amide bonds. The number of amides is 1. The van der Waals surface area contributed by atoms with Gasteiger partial charge < -0.3 is 5.32 Å². The molecular formula is C17H15F2N3O2S2. The molecule has 136 valence electrons. The van der Waals surface area contributed by atoms with Gasteiger partial charge in [-0.05, 0) is 30.0 Å². The van der Waals surface area contributed by atoms with E-state index in [9.17, 15) is 18.4 Å². The van der Waals surface area contributed by atoms with E-state index < -0.39 is 17.2 Å². The van der Waals surface area contributed by atoms with Gasteiger partial charge in [-0.2, -0.15) is 0 Å². The number of thioether (sulfide) groups is 1. The molecule has 0 radical (unpaired) electrons. The summed E-state index contributed by atoms with van der Waals surface area (Å²) in [6.07, 6.45) is 0.808. The van der Waals surface area contributed by atoms with Crippen LogP contribution in [0.25, 0.3) is 15.9 Å². The molecule has 0 fully saturated rings.